The molecule has 0 aliphatic carbocycles. The van der Waals surface area contributed by atoms with Gasteiger partial charge >= 0.3 is 12.1 Å². The van der Waals surface area contributed by atoms with E-state index in [9.17, 15) is 26.4 Å². The van der Waals surface area contributed by atoms with Crippen molar-refractivity contribution in [3.8, 4) is 0 Å². The lowest BCUT2D eigenvalue weighted by atomic mass is 9.85. The Bertz CT molecular complexity index is 2830. The van der Waals surface area contributed by atoms with Crippen LogP contribution in [0.4, 0.5) is 21.0 Å². The first-order valence-electron chi connectivity index (χ1n) is 24.5. The maximum atomic E-state index is 13.2. The number of likely N-dealkylation sites (N-methyl/N-ethyl adjacent to an activating group) is 2. The van der Waals surface area contributed by atoms with E-state index in [4.69, 9.17) is 65.4 Å². The first kappa shape index (κ1) is 64.8. The topological polar surface area (TPSA) is 218 Å². The summed E-state index contributed by atoms with van der Waals surface area (Å²) in [6.45, 7) is 4.97. The van der Waals surface area contributed by atoms with Crippen molar-refractivity contribution in [1.29, 1.82) is 0 Å². The minimum atomic E-state index is -3.81. The average molecular weight is 1240 g/mol. The van der Waals surface area contributed by atoms with Gasteiger partial charge < -0.3 is 50.0 Å². The van der Waals surface area contributed by atoms with Gasteiger partial charge in [-0.3, -0.25) is 0 Å². The van der Waals surface area contributed by atoms with Gasteiger partial charge in [-0.15, -0.1) is 24.8 Å². The Morgan fingerprint density at radius 2 is 0.872 bits per heavy atom. The summed E-state index contributed by atoms with van der Waals surface area (Å²) in [7, 11) is -3.62. The number of hydrogen-bond acceptors (Lipinski definition) is 12. The van der Waals surface area contributed by atoms with Crippen LogP contribution in [0.3, 0.4) is 0 Å². The molecule has 2 heterocycles. The highest BCUT2D eigenvalue weighted by atomic mass is 35.5. The average Bonchev–Trinajstić information content (AvgIpc) is 3.39. The number of sulfonamides is 2. The molecule has 2 atom stereocenters. The Kier molecular flexibility index (Phi) is 25.9. The van der Waals surface area contributed by atoms with Gasteiger partial charge in [-0.2, -0.15) is 0 Å². The van der Waals surface area contributed by atoms with Gasteiger partial charge in [-0.1, -0.05) is 70.7 Å². The van der Waals surface area contributed by atoms with Crippen LogP contribution in [0.5, 0.6) is 0 Å². The molecule has 0 saturated carbocycles. The number of ether oxygens (including phenoxy) is 4. The Labute approximate surface area is 488 Å². The molecule has 2 aliphatic rings. The van der Waals surface area contributed by atoms with Crippen molar-refractivity contribution in [3.05, 3.63) is 151 Å². The fourth-order valence-corrected chi connectivity index (χ4v) is 12.1. The third kappa shape index (κ3) is 19.0. The van der Waals surface area contributed by atoms with Crippen LogP contribution in [0.25, 0.3) is 0 Å². The number of fused-ring (bicyclic) bond motifs is 2. The molecule has 0 unspecified atom stereocenters. The molecule has 0 spiro atoms. The molecule has 426 valence electrons. The van der Waals surface area contributed by atoms with E-state index < -0.39 is 32.1 Å². The lowest BCUT2D eigenvalue weighted by Crippen LogP contribution is -2.32. The summed E-state index contributed by atoms with van der Waals surface area (Å²) >= 11 is 25.7. The van der Waals surface area contributed by atoms with Crippen LogP contribution in [0.15, 0.2) is 107 Å². The van der Waals surface area contributed by atoms with Crippen molar-refractivity contribution in [3.63, 3.8) is 0 Å². The number of benzene rings is 5. The van der Waals surface area contributed by atoms with Gasteiger partial charge in [0.15, 0.2) is 0 Å². The molecular weight excluding hydrogens is 1170 g/mol. The Morgan fingerprint density at radius 1 is 0.513 bits per heavy atom. The molecule has 5 aromatic carbocycles. The van der Waals surface area contributed by atoms with Crippen LogP contribution >= 0.6 is 71.2 Å². The molecule has 18 nitrogen and oxygen atoms in total. The van der Waals surface area contributed by atoms with Crippen LogP contribution < -0.4 is 30.7 Å². The molecule has 78 heavy (non-hydrogen) atoms. The zero-order valence-corrected chi connectivity index (χ0v) is 49.1. The zero-order chi connectivity index (χ0) is 54.2. The second-order valence-corrected chi connectivity index (χ2v) is 23.4. The highest BCUT2D eigenvalue weighted by molar-refractivity contribution is 7.89. The molecule has 2 aliphatic heterocycles. The van der Waals surface area contributed by atoms with Crippen LogP contribution in [-0.2, 0) is 52.1 Å². The van der Waals surface area contributed by atoms with Crippen LogP contribution in [-0.4, -0.2) is 145 Å². The summed E-state index contributed by atoms with van der Waals surface area (Å²) < 4.78 is 80.0. The van der Waals surface area contributed by atoms with E-state index in [1.165, 1.54) is 0 Å². The molecule has 6 N–H and O–H groups in total. The number of anilines is 2. The SMILES string of the molecule is CN1Cc2c(Cl)cc(Cl)cc2[C@H](c2cccc(S(=O)(=O)NCCOCCOCCNC(=O)Nc3ccc(NC(=O)NCCOCCOCCNS(=O)(=O)c4cccc([C@@H]5CN(C)Cc6c(Cl)cc(Cl)cc65)c4)cc3)c2)C1.Cl.Cl. The third-order valence-corrected chi connectivity index (χ3v) is 16.4. The minimum absolute atomic E-state index is 0. The first-order valence-corrected chi connectivity index (χ1v) is 29.0. The molecule has 5 aromatic rings. The fourth-order valence-electron chi connectivity index (χ4n) is 8.83. The number of amides is 4. The summed E-state index contributed by atoms with van der Waals surface area (Å²) in [4.78, 5) is 29.4. The number of nitrogens with one attached hydrogen (secondary N) is 6. The predicted octanol–water partition coefficient (Wildman–Crippen LogP) is 8.56. The highest BCUT2D eigenvalue weighted by Crippen LogP contribution is 2.40. The summed E-state index contributed by atoms with van der Waals surface area (Å²) in [5, 5.41) is 13.1. The Hall–Kier alpha value is -4.04. The zero-order valence-electron chi connectivity index (χ0n) is 42.8. The molecule has 0 aromatic heterocycles. The lowest BCUT2D eigenvalue weighted by Gasteiger charge is -2.33. The summed E-state index contributed by atoms with van der Waals surface area (Å²) in [5.74, 6) is -0.204. The molecule has 0 radical (unpaired) electrons. The van der Waals surface area contributed by atoms with Crippen molar-refractivity contribution in [2.75, 3.05) is 117 Å². The van der Waals surface area contributed by atoms with Gasteiger partial charge in [0.2, 0.25) is 20.0 Å². The van der Waals surface area contributed by atoms with E-state index in [-0.39, 0.29) is 125 Å². The number of carbonyl (C=O) groups excluding carboxylic acids is 2. The number of hydrogen-bond donors (Lipinski definition) is 6. The quantitative estimate of drug-likeness (QED) is 0.0287. The van der Waals surface area contributed by atoms with Gasteiger partial charge in [0.05, 0.1) is 62.6 Å². The second kappa shape index (κ2) is 31.2. The van der Waals surface area contributed by atoms with E-state index in [0.717, 1.165) is 33.4 Å². The van der Waals surface area contributed by atoms with Crippen molar-refractivity contribution in [1.82, 2.24) is 29.9 Å². The molecular formula is C52H64Cl6N8O10S2. The lowest BCUT2D eigenvalue weighted by molar-refractivity contribution is 0.0517. The molecule has 0 fully saturated rings. The monoisotopic (exact) mass is 1230 g/mol. The van der Waals surface area contributed by atoms with Crippen molar-refractivity contribution in [2.45, 2.75) is 34.7 Å². The fraction of sp³-hybridized carbons (Fsp3) is 0.385. The van der Waals surface area contributed by atoms with Crippen LogP contribution in [0, 0.1) is 0 Å². The van der Waals surface area contributed by atoms with Crippen LogP contribution in [0.2, 0.25) is 20.1 Å². The van der Waals surface area contributed by atoms with Crippen molar-refractivity contribution >= 4 is 115 Å². The van der Waals surface area contributed by atoms with E-state index in [0.29, 0.717) is 57.6 Å². The standard InChI is InChI=1S/C52H62Cl4N8O10S2.2ClH/c1-63-31-45(43-27-37(53)29-49(55)47(43)33-63)35-5-3-7-41(25-35)75(67,68)59-15-19-73-23-21-71-17-13-57-51(65)61-39-9-11-40(12-10-39)62-52(66)58-14-18-72-22-24-74-20-16-60-76(69,70)42-8-4-6-36(26-42)46-32-64(2)34-48-44(46)28-38(54)30-50(48)56;;/h3-12,25-30,45-46,59-60H,13-24,31-34H2,1-2H3,(H2,57,61,65)(H2,58,62,66);2*1H/t45-,46-;;/m0../s1. The van der Waals surface area contributed by atoms with Crippen molar-refractivity contribution in [2.24, 2.45) is 0 Å². The number of halogens is 6. The summed E-state index contributed by atoms with van der Waals surface area (Å²) in [6.07, 6.45) is 0. The van der Waals surface area contributed by atoms with Crippen LogP contribution in [0.1, 0.15) is 45.2 Å². The van der Waals surface area contributed by atoms with Gasteiger partial charge in [0.1, 0.15) is 0 Å². The maximum Gasteiger partial charge on any atom is 0.319 e. The largest absolute Gasteiger partial charge is 0.378 e. The van der Waals surface area contributed by atoms with Gasteiger partial charge in [0.25, 0.3) is 0 Å². The molecule has 4 amide bonds. The van der Waals surface area contributed by atoms with E-state index in [1.54, 1.807) is 72.8 Å². The Balaban J connectivity index is 0.00000560. The maximum absolute atomic E-state index is 13.2. The number of nitrogens with zero attached hydrogens (tertiary/aromatic N) is 2. The summed E-state index contributed by atoms with van der Waals surface area (Å²) in [6, 6.07) is 26.7. The molecule has 7 rings (SSSR count). The van der Waals surface area contributed by atoms with Gasteiger partial charge in [0, 0.05) is 95.7 Å². The predicted molar refractivity (Wildman–Crippen MR) is 311 cm³/mol. The van der Waals surface area contributed by atoms with Gasteiger partial charge in [-0.25, -0.2) is 35.9 Å². The number of urea groups is 2. The van der Waals surface area contributed by atoms with Crippen molar-refractivity contribution < 1.29 is 45.4 Å². The first-order chi connectivity index (χ1) is 36.5. The summed E-state index contributed by atoms with van der Waals surface area (Å²) in [5.41, 5.74) is 6.65. The number of rotatable bonds is 26. The minimum Gasteiger partial charge on any atom is -0.378 e. The normalized spacial score (nSPS) is 15.5. The molecule has 0 bridgehead atoms. The third-order valence-electron chi connectivity index (χ3n) is 12.4. The molecule has 26 heteroatoms. The number of carbonyl (C=O) groups is 2. The van der Waals surface area contributed by atoms with E-state index >= 15 is 0 Å². The van der Waals surface area contributed by atoms with E-state index in [2.05, 4.69) is 40.5 Å². The van der Waals surface area contributed by atoms with Gasteiger partial charge in [-0.05, 0) is 120 Å². The smallest absolute Gasteiger partial charge is 0.319 e. The van der Waals surface area contributed by atoms with E-state index in [1.807, 2.05) is 38.4 Å². The second-order valence-electron chi connectivity index (χ2n) is 18.1. The Morgan fingerprint density at radius 3 is 1.24 bits per heavy atom. The highest BCUT2D eigenvalue weighted by Gasteiger charge is 2.30. The molecule has 0 saturated heterocycles.